The molecule has 7 heteroatoms. The van der Waals surface area contributed by atoms with Gasteiger partial charge in [-0.1, -0.05) is 43.7 Å². The molecular formula is C25H16F4N2Pt. The van der Waals surface area contributed by atoms with E-state index in [2.05, 4.69) is 22.1 Å². The van der Waals surface area contributed by atoms with E-state index in [1.54, 1.807) is 50.2 Å². The molecule has 4 aromatic rings. The Bertz CT molecular complexity index is 1270. The maximum Gasteiger partial charge on any atom is 2.00 e. The Kier molecular flexibility index (Phi) is 6.94. The van der Waals surface area contributed by atoms with E-state index in [0.29, 0.717) is 17.1 Å². The topological polar surface area (TPSA) is 25.8 Å². The van der Waals surface area contributed by atoms with Gasteiger partial charge >= 0.3 is 21.1 Å². The summed E-state index contributed by atoms with van der Waals surface area (Å²) in [7, 11) is 0. The van der Waals surface area contributed by atoms with Gasteiger partial charge in [0.05, 0.1) is 11.4 Å². The SMILES string of the molecule is CC(C)(c1cccc(-c2cccc(-c3[c-]cc(F)cc3F)n2)n1)c1[c-]cc(F)cc1F.[Pt+2]. The molecule has 0 atom stereocenters. The molecule has 0 bridgehead atoms. The molecule has 0 unspecified atom stereocenters. The first-order chi connectivity index (χ1) is 14.8. The Labute approximate surface area is 197 Å². The van der Waals surface area contributed by atoms with Crippen LogP contribution in [-0.4, -0.2) is 9.97 Å². The van der Waals surface area contributed by atoms with E-state index < -0.39 is 28.7 Å². The van der Waals surface area contributed by atoms with Crippen LogP contribution in [0.2, 0.25) is 0 Å². The van der Waals surface area contributed by atoms with E-state index in [1.807, 2.05) is 0 Å². The molecule has 164 valence electrons. The summed E-state index contributed by atoms with van der Waals surface area (Å²) in [5.74, 6) is -2.90. The zero-order valence-corrected chi connectivity index (χ0v) is 19.3. The molecule has 0 spiro atoms. The van der Waals surface area contributed by atoms with Gasteiger partial charge in [-0.25, -0.2) is 0 Å². The molecule has 0 amide bonds. The Morgan fingerprint density at radius 2 is 1.28 bits per heavy atom. The molecule has 0 aliphatic carbocycles. The summed E-state index contributed by atoms with van der Waals surface area (Å²) in [5.41, 5.74) is 1.07. The summed E-state index contributed by atoms with van der Waals surface area (Å²) in [4.78, 5) is 9.06. The fourth-order valence-electron chi connectivity index (χ4n) is 3.34. The minimum Gasteiger partial charge on any atom is -0.295 e. The summed E-state index contributed by atoms with van der Waals surface area (Å²) in [6.45, 7) is 3.53. The maximum absolute atomic E-state index is 14.4. The number of hydrogen-bond donors (Lipinski definition) is 0. The third-order valence-corrected chi connectivity index (χ3v) is 5.00. The molecule has 32 heavy (non-hydrogen) atoms. The van der Waals surface area contributed by atoms with Gasteiger partial charge in [-0.2, -0.15) is 6.07 Å². The minimum atomic E-state index is -0.901. The first-order valence-corrected chi connectivity index (χ1v) is 9.45. The van der Waals surface area contributed by atoms with Crippen LogP contribution >= 0.6 is 0 Å². The van der Waals surface area contributed by atoms with E-state index in [9.17, 15) is 17.6 Å². The monoisotopic (exact) mass is 615 g/mol. The zero-order valence-electron chi connectivity index (χ0n) is 17.0. The van der Waals surface area contributed by atoms with Crippen LogP contribution in [0.15, 0.2) is 60.7 Å². The summed E-state index contributed by atoms with van der Waals surface area (Å²) in [5, 5.41) is 0. The van der Waals surface area contributed by atoms with Crippen LogP contribution in [0, 0.1) is 35.4 Å². The summed E-state index contributed by atoms with van der Waals surface area (Å²) < 4.78 is 55.0. The van der Waals surface area contributed by atoms with Gasteiger partial charge in [0.25, 0.3) is 0 Å². The van der Waals surface area contributed by atoms with Crippen molar-refractivity contribution in [1.82, 2.24) is 9.97 Å². The van der Waals surface area contributed by atoms with Crippen LogP contribution in [0.1, 0.15) is 25.1 Å². The normalized spacial score (nSPS) is 11.2. The zero-order chi connectivity index (χ0) is 22.2. The van der Waals surface area contributed by atoms with Gasteiger partial charge in [-0.05, 0) is 23.9 Å². The number of benzene rings is 2. The van der Waals surface area contributed by atoms with Crippen molar-refractivity contribution in [1.29, 1.82) is 0 Å². The van der Waals surface area contributed by atoms with Crippen molar-refractivity contribution in [2.45, 2.75) is 19.3 Å². The molecular weight excluding hydrogens is 599 g/mol. The van der Waals surface area contributed by atoms with E-state index in [-0.39, 0.29) is 37.9 Å². The van der Waals surface area contributed by atoms with Crippen LogP contribution in [0.3, 0.4) is 0 Å². The Morgan fingerprint density at radius 3 is 1.94 bits per heavy atom. The molecule has 0 saturated heterocycles. The summed E-state index contributed by atoms with van der Waals surface area (Å²) >= 11 is 0. The van der Waals surface area contributed by atoms with Crippen molar-refractivity contribution in [2.75, 3.05) is 0 Å². The molecule has 0 aliphatic heterocycles. The van der Waals surface area contributed by atoms with Crippen molar-refractivity contribution in [3.05, 3.63) is 107 Å². The van der Waals surface area contributed by atoms with Gasteiger partial charge in [-0.15, -0.1) is 29.8 Å². The number of hydrogen-bond acceptors (Lipinski definition) is 2. The predicted octanol–water partition coefficient (Wildman–Crippen LogP) is 6.29. The van der Waals surface area contributed by atoms with Gasteiger partial charge in [0.1, 0.15) is 0 Å². The van der Waals surface area contributed by atoms with Crippen molar-refractivity contribution in [3.8, 4) is 22.6 Å². The Hall–Kier alpha value is -2.85. The fourth-order valence-corrected chi connectivity index (χ4v) is 3.34. The third-order valence-electron chi connectivity index (χ3n) is 5.00. The molecule has 0 saturated carbocycles. The van der Waals surface area contributed by atoms with Gasteiger partial charge in [0, 0.05) is 34.4 Å². The second-order valence-corrected chi connectivity index (χ2v) is 7.52. The molecule has 2 nitrogen and oxygen atoms in total. The molecule has 2 heterocycles. The molecule has 0 N–H and O–H groups in total. The first kappa shape index (κ1) is 23.8. The van der Waals surface area contributed by atoms with Crippen LogP contribution in [0.4, 0.5) is 17.6 Å². The van der Waals surface area contributed by atoms with Gasteiger partial charge in [-0.3, -0.25) is 27.5 Å². The predicted molar refractivity (Wildman–Crippen MR) is 109 cm³/mol. The van der Waals surface area contributed by atoms with Crippen LogP contribution in [-0.2, 0) is 26.5 Å². The van der Waals surface area contributed by atoms with Crippen LogP contribution in [0.25, 0.3) is 22.6 Å². The van der Waals surface area contributed by atoms with Gasteiger partial charge < -0.3 is 0 Å². The second-order valence-electron chi connectivity index (χ2n) is 7.52. The average Bonchev–Trinajstić information content (AvgIpc) is 2.74. The van der Waals surface area contributed by atoms with Crippen molar-refractivity contribution in [2.24, 2.45) is 0 Å². The maximum atomic E-state index is 14.4. The van der Waals surface area contributed by atoms with Crippen molar-refractivity contribution < 1.29 is 38.6 Å². The van der Waals surface area contributed by atoms with E-state index in [1.165, 1.54) is 0 Å². The minimum absolute atomic E-state index is 0. The first-order valence-electron chi connectivity index (χ1n) is 9.45. The molecule has 2 aromatic carbocycles. The van der Waals surface area contributed by atoms with Gasteiger partial charge in [0.2, 0.25) is 0 Å². The molecule has 0 fully saturated rings. The van der Waals surface area contributed by atoms with Gasteiger partial charge in [0.15, 0.2) is 0 Å². The molecule has 0 aliphatic rings. The number of nitrogens with zero attached hydrogens (tertiary/aromatic N) is 2. The van der Waals surface area contributed by atoms with E-state index in [0.717, 1.165) is 24.3 Å². The van der Waals surface area contributed by atoms with Crippen molar-refractivity contribution >= 4 is 0 Å². The molecule has 2 aromatic heterocycles. The van der Waals surface area contributed by atoms with E-state index in [4.69, 9.17) is 0 Å². The quantitative estimate of drug-likeness (QED) is 0.199. The number of rotatable bonds is 4. The summed E-state index contributed by atoms with van der Waals surface area (Å²) in [6, 6.07) is 19.1. The molecule has 0 radical (unpaired) electrons. The van der Waals surface area contributed by atoms with Crippen LogP contribution in [0.5, 0.6) is 0 Å². The Morgan fingerprint density at radius 1 is 0.719 bits per heavy atom. The number of aromatic nitrogens is 2. The number of halogens is 4. The smallest absolute Gasteiger partial charge is 0.295 e. The fraction of sp³-hybridized carbons (Fsp3) is 0.120. The largest absolute Gasteiger partial charge is 2.00 e. The van der Waals surface area contributed by atoms with Crippen molar-refractivity contribution in [3.63, 3.8) is 0 Å². The standard InChI is InChI=1S/C25H16F4N2.Pt/c1-25(2,18-12-10-16(27)14-20(18)29)24-8-4-7-23(31-24)22-6-3-5-21(30-22)17-11-9-15(26)13-19(17)28;/h3-10,13-14H,1-2H3;/q-2;+2. The van der Waals surface area contributed by atoms with E-state index >= 15 is 0 Å². The van der Waals surface area contributed by atoms with Crippen LogP contribution < -0.4 is 0 Å². The number of pyridine rings is 2. The average molecular weight is 615 g/mol. The third kappa shape index (κ3) is 4.65. The Balaban J connectivity index is 0.00000289. The summed E-state index contributed by atoms with van der Waals surface area (Å²) in [6.07, 6.45) is 0. The molecule has 4 rings (SSSR count). The second kappa shape index (κ2) is 9.33.